The Kier molecular flexibility index (Phi) is 5.27. The van der Waals surface area contributed by atoms with Gasteiger partial charge in [-0.3, -0.25) is 9.69 Å². The summed E-state index contributed by atoms with van der Waals surface area (Å²) >= 11 is 0. The quantitative estimate of drug-likeness (QED) is 0.899. The van der Waals surface area contributed by atoms with E-state index in [2.05, 4.69) is 9.88 Å². The predicted octanol–water partition coefficient (Wildman–Crippen LogP) is 1.32. The summed E-state index contributed by atoms with van der Waals surface area (Å²) < 4.78 is 1.83. The molecule has 2 heterocycles. The maximum atomic E-state index is 12.6. The Morgan fingerprint density at radius 1 is 1.21 bits per heavy atom. The van der Waals surface area contributed by atoms with Gasteiger partial charge in [-0.05, 0) is 12.5 Å². The highest BCUT2D eigenvalue weighted by molar-refractivity contribution is 5.80. The van der Waals surface area contributed by atoms with E-state index in [0.29, 0.717) is 19.6 Å². The second-order valence-corrected chi connectivity index (χ2v) is 6.24. The van der Waals surface area contributed by atoms with Gasteiger partial charge in [-0.25, -0.2) is 4.98 Å². The fourth-order valence-electron chi connectivity index (χ4n) is 3.07. The number of imidazole rings is 1. The number of nitrogens with zero attached hydrogens (tertiary/aromatic N) is 4. The second kappa shape index (κ2) is 7.59. The first-order valence-corrected chi connectivity index (χ1v) is 8.37. The average Bonchev–Trinajstić information content (AvgIpc) is 3.16. The summed E-state index contributed by atoms with van der Waals surface area (Å²) in [5, 5.41) is 10.3. The minimum Gasteiger partial charge on any atom is -0.387 e. The van der Waals surface area contributed by atoms with Crippen LogP contribution in [0.1, 0.15) is 24.6 Å². The number of rotatable bonds is 5. The molecule has 2 aromatic rings. The van der Waals surface area contributed by atoms with Crippen molar-refractivity contribution >= 4 is 5.91 Å². The van der Waals surface area contributed by atoms with E-state index < -0.39 is 6.10 Å². The first kappa shape index (κ1) is 16.7. The molecule has 0 radical (unpaired) electrons. The molecule has 1 N–H and O–H groups in total. The van der Waals surface area contributed by atoms with Crippen molar-refractivity contribution in [3.8, 4) is 0 Å². The summed E-state index contributed by atoms with van der Waals surface area (Å²) in [4.78, 5) is 20.7. The first-order valence-electron chi connectivity index (χ1n) is 8.37. The van der Waals surface area contributed by atoms with E-state index in [4.69, 9.17) is 0 Å². The predicted molar refractivity (Wildman–Crippen MR) is 91.4 cm³/mol. The summed E-state index contributed by atoms with van der Waals surface area (Å²) in [6.45, 7) is 5.45. The molecule has 0 saturated carbocycles. The standard InChI is InChI=1S/C18H24N4O2/c1-15(22-8-7-19-14-22)18(24)21-11-9-20(10-12-21)13-17(23)16-5-3-2-4-6-16/h2-8,14-15,17,23H,9-13H2,1H3/t15-,17+/m0/s1. The van der Waals surface area contributed by atoms with Crippen LogP contribution >= 0.6 is 0 Å². The molecular formula is C18H24N4O2. The summed E-state index contributed by atoms with van der Waals surface area (Å²) in [7, 11) is 0. The van der Waals surface area contributed by atoms with Gasteiger partial charge in [0.2, 0.25) is 5.91 Å². The third-order valence-electron chi connectivity index (χ3n) is 4.63. The zero-order chi connectivity index (χ0) is 16.9. The lowest BCUT2D eigenvalue weighted by atomic mass is 10.1. The van der Waals surface area contributed by atoms with Crippen molar-refractivity contribution in [2.75, 3.05) is 32.7 Å². The van der Waals surface area contributed by atoms with Gasteiger partial charge in [-0.2, -0.15) is 0 Å². The maximum absolute atomic E-state index is 12.6. The normalized spacial score (nSPS) is 18.3. The van der Waals surface area contributed by atoms with Gasteiger partial charge in [0.1, 0.15) is 6.04 Å². The highest BCUT2D eigenvalue weighted by atomic mass is 16.3. The molecule has 2 atom stereocenters. The Labute approximate surface area is 142 Å². The molecule has 1 aromatic carbocycles. The van der Waals surface area contributed by atoms with Crippen LogP contribution in [-0.2, 0) is 4.79 Å². The number of aliphatic hydroxyl groups excluding tert-OH is 1. The van der Waals surface area contributed by atoms with Crippen molar-refractivity contribution in [2.24, 2.45) is 0 Å². The molecule has 128 valence electrons. The molecule has 1 aliphatic rings. The second-order valence-electron chi connectivity index (χ2n) is 6.24. The van der Waals surface area contributed by atoms with Crippen LogP contribution < -0.4 is 0 Å². The molecule has 1 amide bonds. The van der Waals surface area contributed by atoms with E-state index >= 15 is 0 Å². The SMILES string of the molecule is C[C@@H](C(=O)N1CCN(C[C@@H](O)c2ccccc2)CC1)n1ccnc1. The molecule has 1 aliphatic heterocycles. The molecule has 1 saturated heterocycles. The number of amides is 1. The van der Waals surface area contributed by atoms with Crippen molar-refractivity contribution in [2.45, 2.75) is 19.1 Å². The monoisotopic (exact) mass is 328 g/mol. The molecular weight excluding hydrogens is 304 g/mol. The van der Waals surface area contributed by atoms with Gasteiger partial charge in [0.05, 0.1) is 12.4 Å². The number of carbonyl (C=O) groups excluding carboxylic acids is 1. The number of piperazine rings is 1. The Balaban J connectivity index is 1.50. The Hall–Kier alpha value is -2.18. The highest BCUT2D eigenvalue weighted by Crippen LogP contribution is 2.16. The Bertz CT molecular complexity index is 636. The average molecular weight is 328 g/mol. The summed E-state index contributed by atoms with van der Waals surface area (Å²) in [5.41, 5.74) is 0.935. The topological polar surface area (TPSA) is 61.6 Å². The fraction of sp³-hybridized carbons (Fsp3) is 0.444. The lowest BCUT2D eigenvalue weighted by Gasteiger charge is -2.36. The molecule has 3 rings (SSSR count). The van der Waals surface area contributed by atoms with E-state index in [-0.39, 0.29) is 11.9 Å². The van der Waals surface area contributed by atoms with Crippen molar-refractivity contribution < 1.29 is 9.90 Å². The summed E-state index contributed by atoms with van der Waals surface area (Å²) in [6.07, 6.45) is 4.69. The van der Waals surface area contributed by atoms with Gasteiger partial charge >= 0.3 is 0 Å². The number of aliphatic hydroxyl groups is 1. The van der Waals surface area contributed by atoms with E-state index in [1.54, 1.807) is 12.5 Å². The van der Waals surface area contributed by atoms with Gasteiger partial charge in [-0.1, -0.05) is 30.3 Å². The van der Waals surface area contributed by atoms with Gasteiger partial charge in [-0.15, -0.1) is 0 Å². The van der Waals surface area contributed by atoms with Crippen LogP contribution in [0.2, 0.25) is 0 Å². The molecule has 24 heavy (non-hydrogen) atoms. The van der Waals surface area contributed by atoms with Crippen molar-refractivity contribution in [3.05, 3.63) is 54.6 Å². The maximum Gasteiger partial charge on any atom is 0.245 e. The van der Waals surface area contributed by atoms with Crippen LogP contribution in [0.25, 0.3) is 0 Å². The molecule has 0 bridgehead atoms. The molecule has 0 aliphatic carbocycles. The van der Waals surface area contributed by atoms with Gasteiger partial charge in [0, 0.05) is 45.1 Å². The molecule has 1 aromatic heterocycles. The van der Waals surface area contributed by atoms with Crippen LogP contribution in [0, 0.1) is 0 Å². The van der Waals surface area contributed by atoms with E-state index in [0.717, 1.165) is 18.7 Å². The van der Waals surface area contributed by atoms with Crippen molar-refractivity contribution in [1.29, 1.82) is 0 Å². The lowest BCUT2D eigenvalue weighted by Crippen LogP contribution is -2.50. The minimum absolute atomic E-state index is 0.122. The largest absolute Gasteiger partial charge is 0.387 e. The van der Waals surface area contributed by atoms with Gasteiger partial charge < -0.3 is 14.6 Å². The van der Waals surface area contributed by atoms with Crippen molar-refractivity contribution in [3.63, 3.8) is 0 Å². The number of benzene rings is 1. The molecule has 6 nitrogen and oxygen atoms in total. The molecule has 1 fully saturated rings. The zero-order valence-corrected chi connectivity index (χ0v) is 14.0. The van der Waals surface area contributed by atoms with Gasteiger partial charge in [0.25, 0.3) is 0 Å². The highest BCUT2D eigenvalue weighted by Gasteiger charge is 2.26. The van der Waals surface area contributed by atoms with E-state index in [1.165, 1.54) is 0 Å². The Morgan fingerprint density at radius 2 is 1.92 bits per heavy atom. The number of carbonyl (C=O) groups is 1. The number of β-amino-alcohol motifs (C(OH)–C–C–N with tert-alkyl or cyclic N) is 1. The zero-order valence-electron chi connectivity index (χ0n) is 14.0. The summed E-state index contributed by atoms with van der Waals surface area (Å²) in [5.74, 6) is 0.122. The fourth-order valence-corrected chi connectivity index (χ4v) is 3.07. The number of hydrogen-bond acceptors (Lipinski definition) is 4. The Morgan fingerprint density at radius 3 is 2.54 bits per heavy atom. The lowest BCUT2D eigenvalue weighted by molar-refractivity contribution is -0.136. The van der Waals surface area contributed by atoms with E-state index in [9.17, 15) is 9.90 Å². The van der Waals surface area contributed by atoms with E-state index in [1.807, 2.05) is 52.9 Å². The van der Waals surface area contributed by atoms with Crippen LogP contribution in [0.15, 0.2) is 49.1 Å². The molecule has 0 spiro atoms. The van der Waals surface area contributed by atoms with Crippen molar-refractivity contribution in [1.82, 2.24) is 19.4 Å². The number of hydrogen-bond donors (Lipinski definition) is 1. The first-order chi connectivity index (χ1) is 11.6. The van der Waals surface area contributed by atoms with Crippen LogP contribution in [0.3, 0.4) is 0 Å². The smallest absolute Gasteiger partial charge is 0.245 e. The third kappa shape index (κ3) is 3.83. The van der Waals surface area contributed by atoms with Crippen LogP contribution in [-0.4, -0.2) is 63.1 Å². The van der Waals surface area contributed by atoms with Gasteiger partial charge in [0.15, 0.2) is 0 Å². The van der Waals surface area contributed by atoms with Crippen LogP contribution in [0.4, 0.5) is 0 Å². The number of aromatic nitrogens is 2. The third-order valence-corrected chi connectivity index (χ3v) is 4.63. The molecule has 6 heteroatoms. The summed E-state index contributed by atoms with van der Waals surface area (Å²) in [6, 6.07) is 9.48. The van der Waals surface area contributed by atoms with Crippen LogP contribution in [0.5, 0.6) is 0 Å². The molecule has 0 unspecified atom stereocenters. The minimum atomic E-state index is -0.488.